The second-order valence-corrected chi connectivity index (χ2v) is 12.3. The molecule has 1 fully saturated rings. The SMILES string of the molecule is Cc1ccc(COc2ccc(Br)cc2C2c3sc(=O)[nH]c3SC3C(=O)N(c4ccc(F)cc4)C(=O)C32)cc1. The first-order valence-electron chi connectivity index (χ1n) is 11.8. The molecule has 3 aromatic carbocycles. The maximum atomic E-state index is 13.9. The average molecular weight is 612 g/mol. The fourth-order valence-electron chi connectivity index (χ4n) is 4.94. The summed E-state index contributed by atoms with van der Waals surface area (Å²) in [6.45, 7) is 2.33. The standard InChI is InChI=1S/C28H20BrFN2O4S2/c1-14-2-4-15(5-3-14)13-36-20-11-6-16(29)12-19(20)21-22-24(37-25-23(21)38-28(35)31-25)27(34)32(26(22)33)18-9-7-17(30)8-10-18/h2-12,21-22,24H,13H2,1H3,(H,31,35). The summed E-state index contributed by atoms with van der Waals surface area (Å²) in [6.07, 6.45) is 0. The minimum absolute atomic E-state index is 0.250. The Kier molecular flexibility index (Phi) is 6.49. The van der Waals surface area contributed by atoms with Crippen LogP contribution in [0.4, 0.5) is 10.1 Å². The Bertz CT molecular complexity index is 1620. The number of nitrogens with one attached hydrogen (secondary N) is 1. The number of rotatable bonds is 5. The van der Waals surface area contributed by atoms with E-state index in [4.69, 9.17) is 4.74 Å². The Morgan fingerprint density at radius 3 is 2.47 bits per heavy atom. The van der Waals surface area contributed by atoms with E-state index in [1.54, 1.807) is 0 Å². The van der Waals surface area contributed by atoms with Gasteiger partial charge in [0.15, 0.2) is 0 Å². The van der Waals surface area contributed by atoms with Crippen molar-refractivity contribution < 1.29 is 18.7 Å². The molecule has 10 heteroatoms. The van der Waals surface area contributed by atoms with Gasteiger partial charge >= 0.3 is 4.87 Å². The number of aromatic nitrogens is 1. The minimum atomic E-state index is -0.771. The van der Waals surface area contributed by atoms with Crippen LogP contribution in [0.15, 0.2) is 81.0 Å². The molecule has 3 atom stereocenters. The zero-order valence-corrected chi connectivity index (χ0v) is 23.2. The second kappa shape index (κ2) is 9.83. The number of thioether (sulfide) groups is 1. The van der Waals surface area contributed by atoms with E-state index < -0.39 is 28.8 Å². The number of carbonyl (C=O) groups is 2. The van der Waals surface area contributed by atoms with Crippen molar-refractivity contribution in [3.05, 3.63) is 108 Å². The number of benzene rings is 3. The van der Waals surface area contributed by atoms with E-state index in [-0.39, 0.29) is 10.8 Å². The Morgan fingerprint density at radius 2 is 1.74 bits per heavy atom. The highest BCUT2D eigenvalue weighted by molar-refractivity contribution is 9.10. The summed E-state index contributed by atoms with van der Waals surface area (Å²) in [5.74, 6) is -2.03. The monoisotopic (exact) mass is 610 g/mol. The van der Waals surface area contributed by atoms with Crippen LogP contribution in [0.1, 0.15) is 27.5 Å². The lowest BCUT2D eigenvalue weighted by atomic mass is 9.82. The molecule has 3 unspecified atom stereocenters. The molecule has 2 amide bonds. The molecular formula is C28H20BrFN2O4S2. The lowest BCUT2D eigenvalue weighted by Gasteiger charge is -2.31. The summed E-state index contributed by atoms with van der Waals surface area (Å²) >= 11 is 5.78. The molecule has 6 rings (SSSR count). The highest BCUT2D eigenvalue weighted by Gasteiger charge is 2.56. The predicted molar refractivity (Wildman–Crippen MR) is 148 cm³/mol. The molecule has 192 valence electrons. The molecular weight excluding hydrogens is 591 g/mol. The molecule has 38 heavy (non-hydrogen) atoms. The first kappa shape index (κ1) is 25.1. The predicted octanol–water partition coefficient (Wildman–Crippen LogP) is 6.02. The van der Waals surface area contributed by atoms with Gasteiger partial charge in [-0.2, -0.15) is 0 Å². The van der Waals surface area contributed by atoms with E-state index in [0.717, 1.165) is 31.8 Å². The normalized spacial score (nSPS) is 20.4. The smallest absolute Gasteiger partial charge is 0.305 e. The van der Waals surface area contributed by atoms with E-state index >= 15 is 0 Å². The Hall–Kier alpha value is -3.21. The third kappa shape index (κ3) is 4.40. The molecule has 2 aliphatic heterocycles. The Labute approximate surface area is 234 Å². The van der Waals surface area contributed by atoms with Gasteiger partial charge in [-0.05, 0) is 55.0 Å². The van der Waals surface area contributed by atoms with Crippen molar-refractivity contribution >= 4 is 56.5 Å². The molecule has 6 nitrogen and oxygen atoms in total. The van der Waals surface area contributed by atoms with Gasteiger partial charge in [0.25, 0.3) is 0 Å². The van der Waals surface area contributed by atoms with Crippen LogP contribution in [0.2, 0.25) is 0 Å². The number of anilines is 1. The van der Waals surface area contributed by atoms with Crippen molar-refractivity contribution in [2.75, 3.05) is 4.90 Å². The van der Waals surface area contributed by atoms with Crippen molar-refractivity contribution in [1.82, 2.24) is 4.98 Å². The van der Waals surface area contributed by atoms with Crippen LogP contribution in [0, 0.1) is 18.7 Å². The number of aromatic amines is 1. The van der Waals surface area contributed by atoms with Gasteiger partial charge in [0, 0.05) is 20.8 Å². The number of nitrogens with zero attached hydrogens (tertiary/aromatic N) is 1. The molecule has 2 aliphatic rings. The number of hydrogen-bond acceptors (Lipinski definition) is 6. The van der Waals surface area contributed by atoms with Crippen LogP contribution in [-0.2, 0) is 16.2 Å². The number of ether oxygens (including phenoxy) is 1. The van der Waals surface area contributed by atoms with Crippen LogP contribution >= 0.6 is 39.0 Å². The van der Waals surface area contributed by atoms with E-state index in [2.05, 4.69) is 20.9 Å². The molecule has 0 spiro atoms. The molecule has 3 heterocycles. The zero-order valence-electron chi connectivity index (χ0n) is 19.9. The van der Waals surface area contributed by atoms with Gasteiger partial charge in [-0.15, -0.1) is 0 Å². The van der Waals surface area contributed by atoms with Gasteiger partial charge < -0.3 is 9.72 Å². The number of H-pyrrole nitrogens is 1. The van der Waals surface area contributed by atoms with Gasteiger partial charge in [-0.1, -0.05) is 68.9 Å². The molecule has 1 aromatic heterocycles. The molecule has 4 aromatic rings. The Balaban J connectivity index is 1.44. The van der Waals surface area contributed by atoms with Crippen molar-refractivity contribution in [2.24, 2.45) is 5.92 Å². The van der Waals surface area contributed by atoms with Gasteiger partial charge in [0.05, 0.1) is 16.6 Å². The molecule has 0 saturated carbocycles. The molecule has 1 saturated heterocycles. The fraction of sp³-hybridized carbons (Fsp3) is 0.179. The van der Waals surface area contributed by atoms with E-state index in [1.807, 2.05) is 49.4 Å². The van der Waals surface area contributed by atoms with Gasteiger partial charge in [-0.25, -0.2) is 9.29 Å². The number of imide groups is 1. The maximum Gasteiger partial charge on any atom is 0.305 e. The van der Waals surface area contributed by atoms with Gasteiger partial charge in [-0.3, -0.25) is 14.4 Å². The van der Waals surface area contributed by atoms with Crippen LogP contribution < -0.4 is 14.5 Å². The van der Waals surface area contributed by atoms with Crippen molar-refractivity contribution in [1.29, 1.82) is 0 Å². The second-order valence-electron chi connectivity index (χ2n) is 9.19. The minimum Gasteiger partial charge on any atom is -0.489 e. The summed E-state index contributed by atoms with van der Waals surface area (Å²) in [5, 5.41) is -0.169. The number of hydrogen-bond donors (Lipinski definition) is 1. The summed E-state index contributed by atoms with van der Waals surface area (Å²) in [4.78, 5) is 44.3. The summed E-state index contributed by atoms with van der Waals surface area (Å²) < 4.78 is 20.6. The lowest BCUT2D eigenvalue weighted by molar-refractivity contribution is -0.122. The van der Waals surface area contributed by atoms with Gasteiger partial charge in [0.2, 0.25) is 11.8 Å². The third-order valence-electron chi connectivity index (χ3n) is 6.73. The van der Waals surface area contributed by atoms with E-state index in [9.17, 15) is 18.8 Å². The number of carbonyl (C=O) groups excluding carboxylic acids is 2. The average Bonchev–Trinajstić information content (AvgIpc) is 3.39. The topological polar surface area (TPSA) is 79.5 Å². The molecule has 1 N–H and O–H groups in total. The number of thiazole rings is 1. The van der Waals surface area contributed by atoms with Crippen LogP contribution in [0.5, 0.6) is 5.75 Å². The van der Waals surface area contributed by atoms with Crippen LogP contribution in [-0.4, -0.2) is 22.0 Å². The summed E-state index contributed by atoms with van der Waals surface area (Å²) in [7, 11) is 0. The molecule has 0 radical (unpaired) electrons. The Morgan fingerprint density at radius 1 is 1.00 bits per heavy atom. The zero-order chi connectivity index (χ0) is 26.6. The summed E-state index contributed by atoms with van der Waals surface area (Å²) in [6, 6.07) is 18.9. The first-order chi connectivity index (χ1) is 18.3. The van der Waals surface area contributed by atoms with Crippen molar-refractivity contribution in [3.63, 3.8) is 0 Å². The highest BCUT2D eigenvalue weighted by Crippen LogP contribution is 2.54. The van der Waals surface area contributed by atoms with Crippen LogP contribution in [0.25, 0.3) is 0 Å². The van der Waals surface area contributed by atoms with Crippen molar-refractivity contribution in [2.45, 2.75) is 29.7 Å². The number of aryl methyl sites for hydroxylation is 1. The fourth-order valence-corrected chi connectivity index (χ4v) is 7.82. The van der Waals surface area contributed by atoms with Gasteiger partial charge in [0.1, 0.15) is 23.4 Å². The maximum absolute atomic E-state index is 13.9. The number of amides is 2. The number of halogens is 2. The first-order valence-corrected chi connectivity index (χ1v) is 14.3. The third-order valence-corrected chi connectivity index (χ3v) is 9.62. The molecule has 0 bridgehead atoms. The summed E-state index contributed by atoms with van der Waals surface area (Å²) in [5.41, 5.74) is 3.16. The van der Waals surface area contributed by atoms with E-state index in [1.165, 1.54) is 36.0 Å². The lowest BCUT2D eigenvalue weighted by Crippen LogP contribution is -2.32. The molecule has 0 aliphatic carbocycles. The van der Waals surface area contributed by atoms with Crippen LogP contribution in [0.3, 0.4) is 0 Å². The van der Waals surface area contributed by atoms with Crippen molar-refractivity contribution in [3.8, 4) is 5.75 Å². The quantitative estimate of drug-likeness (QED) is 0.279. The number of fused-ring (bicyclic) bond motifs is 2. The highest BCUT2D eigenvalue weighted by atomic mass is 79.9. The largest absolute Gasteiger partial charge is 0.489 e. The van der Waals surface area contributed by atoms with E-state index in [0.29, 0.717) is 33.5 Å².